The highest BCUT2D eigenvalue weighted by Crippen LogP contribution is 2.24. The number of hydrogen-bond donors (Lipinski definition) is 1. The molecule has 0 radical (unpaired) electrons. The Bertz CT molecular complexity index is 898. The van der Waals surface area contributed by atoms with Crippen molar-refractivity contribution in [1.82, 2.24) is 24.9 Å². The molecule has 2 aromatic rings. The van der Waals surface area contributed by atoms with Gasteiger partial charge in [0.05, 0.1) is 19.3 Å². The van der Waals surface area contributed by atoms with E-state index in [1.54, 1.807) is 0 Å². The van der Waals surface area contributed by atoms with Crippen molar-refractivity contribution in [3.05, 3.63) is 53.3 Å². The molecule has 1 saturated heterocycles. The molecule has 0 aliphatic carbocycles. The van der Waals surface area contributed by atoms with Crippen molar-refractivity contribution in [3.8, 4) is 0 Å². The normalized spacial score (nSPS) is 20.6. The van der Waals surface area contributed by atoms with Crippen LogP contribution >= 0.6 is 24.0 Å². The summed E-state index contributed by atoms with van der Waals surface area (Å²) in [5.74, 6) is 1.52. The summed E-state index contributed by atoms with van der Waals surface area (Å²) >= 11 is 0. The zero-order valence-electron chi connectivity index (χ0n) is 19.7. The maximum Gasteiger partial charge on any atom is 0.193 e. The molecule has 32 heavy (non-hydrogen) atoms. The van der Waals surface area contributed by atoms with Crippen LogP contribution in [0.3, 0.4) is 0 Å². The molecule has 0 amide bonds. The Morgan fingerprint density at radius 2 is 2.03 bits per heavy atom. The summed E-state index contributed by atoms with van der Waals surface area (Å²) in [5.41, 5.74) is 4.09. The number of nitrogens with one attached hydrogen (secondary N) is 1. The Hall–Kier alpha value is -1.65. The van der Waals surface area contributed by atoms with Crippen molar-refractivity contribution in [2.45, 2.75) is 39.0 Å². The van der Waals surface area contributed by atoms with Gasteiger partial charge in [0.15, 0.2) is 5.96 Å². The number of fused-ring (bicyclic) bond motifs is 1. The minimum absolute atomic E-state index is 0. The van der Waals surface area contributed by atoms with E-state index >= 15 is 0 Å². The first-order valence-corrected chi connectivity index (χ1v) is 11.4. The van der Waals surface area contributed by atoms with Gasteiger partial charge < -0.3 is 15.0 Å². The predicted molar refractivity (Wildman–Crippen MR) is 139 cm³/mol. The van der Waals surface area contributed by atoms with Crippen molar-refractivity contribution >= 4 is 29.9 Å². The standard InChI is InChI=1S/C24H36N6O.HI/c1-18(2)22(29-10-9-19-7-5-6-8-20(19)16-29)14-26-24(25-3)30-11-12-31-23(17-30)21-13-27-28(4)15-21;/h5-8,13,15,18,22-23H,9-12,14,16-17H2,1-4H3,(H,25,26);1H. The number of guanidine groups is 1. The first-order chi connectivity index (χ1) is 15.0. The number of benzene rings is 1. The smallest absolute Gasteiger partial charge is 0.193 e. The lowest BCUT2D eigenvalue weighted by molar-refractivity contribution is -0.00822. The van der Waals surface area contributed by atoms with Gasteiger partial charge in [-0.25, -0.2) is 0 Å². The maximum atomic E-state index is 6.01. The van der Waals surface area contributed by atoms with Crippen molar-refractivity contribution < 1.29 is 4.74 Å². The van der Waals surface area contributed by atoms with E-state index in [0.717, 1.165) is 50.7 Å². The second-order valence-electron chi connectivity index (χ2n) is 8.98. The molecule has 0 bridgehead atoms. The average molecular weight is 553 g/mol. The summed E-state index contributed by atoms with van der Waals surface area (Å²) in [6, 6.07) is 9.32. The number of aryl methyl sites for hydroxylation is 1. The maximum absolute atomic E-state index is 6.01. The van der Waals surface area contributed by atoms with E-state index in [4.69, 9.17) is 4.74 Å². The average Bonchev–Trinajstić information content (AvgIpc) is 3.23. The van der Waals surface area contributed by atoms with Crippen molar-refractivity contribution in [1.29, 1.82) is 0 Å². The molecule has 2 aliphatic heterocycles. The highest BCUT2D eigenvalue weighted by atomic mass is 127. The van der Waals surface area contributed by atoms with Gasteiger partial charge in [0.1, 0.15) is 6.10 Å². The van der Waals surface area contributed by atoms with Gasteiger partial charge in [-0.2, -0.15) is 5.10 Å². The van der Waals surface area contributed by atoms with Gasteiger partial charge in [0.25, 0.3) is 0 Å². The molecular weight excluding hydrogens is 515 g/mol. The first kappa shape index (κ1) is 25.0. The van der Waals surface area contributed by atoms with Gasteiger partial charge in [0, 0.05) is 58.1 Å². The molecule has 1 fully saturated rings. The number of morpholine rings is 1. The Balaban J connectivity index is 0.00000289. The number of aromatic nitrogens is 2. The molecule has 2 atom stereocenters. The Kier molecular flexibility index (Phi) is 8.95. The Morgan fingerprint density at radius 3 is 2.72 bits per heavy atom. The van der Waals surface area contributed by atoms with Crippen LogP contribution < -0.4 is 5.32 Å². The van der Waals surface area contributed by atoms with Crippen molar-refractivity contribution in [2.24, 2.45) is 18.0 Å². The monoisotopic (exact) mass is 552 g/mol. The Morgan fingerprint density at radius 1 is 1.25 bits per heavy atom. The van der Waals surface area contributed by atoms with Crippen LogP contribution in [-0.2, 0) is 24.8 Å². The van der Waals surface area contributed by atoms with Crippen LogP contribution in [0, 0.1) is 5.92 Å². The number of hydrogen-bond acceptors (Lipinski definition) is 4. The largest absolute Gasteiger partial charge is 0.370 e. The second-order valence-corrected chi connectivity index (χ2v) is 8.98. The molecule has 1 aromatic carbocycles. The van der Waals surface area contributed by atoms with E-state index in [1.807, 2.05) is 31.2 Å². The lowest BCUT2D eigenvalue weighted by atomic mass is 9.95. The van der Waals surface area contributed by atoms with Crippen LogP contribution in [0.15, 0.2) is 41.7 Å². The number of nitrogens with zero attached hydrogens (tertiary/aromatic N) is 5. The van der Waals surface area contributed by atoms with Crippen LogP contribution in [0.25, 0.3) is 0 Å². The van der Waals surface area contributed by atoms with Crippen molar-refractivity contribution in [2.75, 3.05) is 39.8 Å². The molecule has 2 unspecified atom stereocenters. The third kappa shape index (κ3) is 5.82. The molecule has 0 saturated carbocycles. The molecule has 1 N–H and O–H groups in total. The molecule has 0 spiro atoms. The zero-order valence-corrected chi connectivity index (χ0v) is 22.0. The van der Waals surface area contributed by atoms with Crippen LogP contribution in [0.5, 0.6) is 0 Å². The fourth-order valence-electron chi connectivity index (χ4n) is 4.76. The van der Waals surface area contributed by atoms with Crippen LogP contribution in [0.2, 0.25) is 0 Å². The third-order valence-corrected chi connectivity index (χ3v) is 6.54. The highest BCUT2D eigenvalue weighted by molar-refractivity contribution is 14.0. The van der Waals surface area contributed by atoms with Gasteiger partial charge in [0.2, 0.25) is 0 Å². The molecule has 2 aliphatic rings. The van der Waals surface area contributed by atoms with E-state index in [1.165, 1.54) is 11.1 Å². The summed E-state index contributed by atoms with van der Waals surface area (Å²) in [7, 11) is 3.81. The van der Waals surface area contributed by atoms with Gasteiger partial charge in [-0.15, -0.1) is 24.0 Å². The summed E-state index contributed by atoms with van der Waals surface area (Å²) < 4.78 is 7.84. The predicted octanol–water partition coefficient (Wildman–Crippen LogP) is 3.07. The quantitative estimate of drug-likeness (QED) is 0.351. The molecule has 176 valence electrons. The molecule has 4 rings (SSSR count). The summed E-state index contributed by atoms with van der Waals surface area (Å²) in [5, 5.41) is 7.97. The molecule has 7 nitrogen and oxygen atoms in total. The lowest BCUT2D eigenvalue weighted by Gasteiger charge is -2.39. The second kappa shape index (κ2) is 11.5. The zero-order chi connectivity index (χ0) is 21.8. The van der Waals surface area contributed by atoms with Crippen LogP contribution in [0.1, 0.15) is 36.6 Å². The summed E-state index contributed by atoms with van der Waals surface area (Å²) in [6.07, 6.45) is 5.09. The molecular formula is C24H37IN6O. The molecule has 3 heterocycles. The van der Waals surface area contributed by atoms with E-state index in [0.29, 0.717) is 18.6 Å². The number of halogens is 1. The number of aliphatic imine (C=N–C) groups is 1. The minimum atomic E-state index is 0. The lowest BCUT2D eigenvalue weighted by Crippen LogP contribution is -2.53. The minimum Gasteiger partial charge on any atom is -0.370 e. The van der Waals surface area contributed by atoms with E-state index in [2.05, 4.69) is 63.3 Å². The number of rotatable bonds is 5. The highest BCUT2D eigenvalue weighted by Gasteiger charge is 2.28. The molecule has 8 heteroatoms. The van der Waals surface area contributed by atoms with E-state index < -0.39 is 0 Å². The Labute approximate surface area is 209 Å². The molecule has 1 aromatic heterocycles. The summed E-state index contributed by atoms with van der Waals surface area (Å²) in [4.78, 5) is 9.53. The number of ether oxygens (including phenoxy) is 1. The third-order valence-electron chi connectivity index (χ3n) is 6.54. The fourth-order valence-corrected chi connectivity index (χ4v) is 4.76. The van der Waals surface area contributed by atoms with Gasteiger partial charge in [-0.1, -0.05) is 38.1 Å². The van der Waals surface area contributed by atoms with Gasteiger partial charge in [-0.05, 0) is 23.5 Å². The van der Waals surface area contributed by atoms with Crippen molar-refractivity contribution in [3.63, 3.8) is 0 Å². The van der Waals surface area contributed by atoms with E-state index in [-0.39, 0.29) is 30.1 Å². The summed E-state index contributed by atoms with van der Waals surface area (Å²) in [6.45, 7) is 10.00. The van der Waals surface area contributed by atoms with Crippen LogP contribution in [0.4, 0.5) is 0 Å². The fraction of sp³-hybridized carbons (Fsp3) is 0.583. The topological polar surface area (TPSA) is 57.9 Å². The van der Waals surface area contributed by atoms with Crippen LogP contribution in [-0.4, -0.2) is 71.4 Å². The van der Waals surface area contributed by atoms with E-state index in [9.17, 15) is 0 Å². The van der Waals surface area contributed by atoms with Gasteiger partial charge in [-0.3, -0.25) is 14.6 Å². The van der Waals surface area contributed by atoms with Gasteiger partial charge >= 0.3 is 0 Å². The SMILES string of the molecule is CN=C(NCC(C(C)C)N1CCc2ccccc2C1)N1CCOC(c2cnn(C)c2)C1.I. The first-order valence-electron chi connectivity index (χ1n) is 11.4.